The fourth-order valence-corrected chi connectivity index (χ4v) is 3.63. The summed E-state index contributed by atoms with van der Waals surface area (Å²) in [4.78, 5) is 14.8. The largest absolute Gasteiger partial charge is 0.497 e. The molecule has 0 aliphatic rings. The molecule has 0 saturated heterocycles. The molecule has 4 heteroatoms. The van der Waals surface area contributed by atoms with E-state index in [1.807, 2.05) is 48.5 Å². The van der Waals surface area contributed by atoms with Crippen LogP contribution in [-0.4, -0.2) is 23.2 Å². The SMILES string of the molecule is COc1cccc(-c2cccc(Cc3[nH]c4ccccc4c3CC(=O)O)c2)c1. The number of aromatic nitrogens is 1. The Labute approximate surface area is 163 Å². The van der Waals surface area contributed by atoms with Crippen LogP contribution in [-0.2, 0) is 17.6 Å². The van der Waals surface area contributed by atoms with Crippen molar-refractivity contribution in [2.45, 2.75) is 12.8 Å². The number of hydrogen-bond donors (Lipinski definition) is 2. The second kappa shape index (κ2) is 7.61. The first-order valence-corrected chi connectivity index (χ1v) is 9.17. The molecule has 0 spiro atoms. The number of para-hydroxylation sites is 1. The van der Waals surface area contributed by atoms with Gasteiger partial charge in [-0.2, -0.15) is 0 Å². The maximum atomic E-state index is 11.4. The van der Waals surface area contributed by atoms with Crippen LogP contribution < -0.4 is 4.74 Å². The summed E-state index contributed by atoms with van der Waals surface area (Å²) in [5.41, 5.74) is 6.09. The second-order valence-electron chi connectivity index (χ2n) is 6.81. The van der Waals surface area contributed by atoms with Gasteiger partial charge in [0.2, 0.25) is 0 Å². The summed E-state index contributed by atoms with van der Waals surface area (Å²) in [6.45, 7) is 0. The molecule has 28 heavy (non-hydrogen) atoms. The van der Waals surface area contributed by atoms with Gasteiger partial charge in [-0.1, -0.05) is 54.6 Å². The molecule has 1 heterocycles. The minimum atomic E-state index is -0.823. The summed E-state index contributed by atoms with van der Waals surface area (Å²) in [6, 6.07) is 24.1. The molecule has 0 aliphatic carbocycles. The normalized spacial score (nSPS) is 10.9. The Balaban J connectivity index is 1.71. The van der Waals surface area contributed by atoms with Gasteiger partial charge in [0.05, 0.1) is 13.5 Å². The smallest absolute Gasteiger partial charge is 0.307 e. The summed E-state index contributed by atoms with van der Waals surface area (Å²) in [5.74, 6) is -0.00148. The third-order valence-electron chi connectivity index (χ3n) is 4.94. The maximum absolute atomic E-state index is 11.4. The Morgan fingerprint density at radius 3 is 2.50 bits per heavy atom. The number of methoxy groups -OCH3 is 1. The predicted molar refractivity (Wildman–Crippen MR) is 111 cm³/mol. The summed E-state index contributed by atoms with van der Waals surface area (Å²) in [6.07, 6.45) is 0.657. The Bertz CT molecular complexity index is 1140. The zero-order chi connectivity index (χ0) is 19.5. The highest BCUT2D eigenvalue weighted by molar-refractivity contribution is 5.88. The van der Waals surface area contributed by atoms with Crippen LogP contribution in [0.3, 0.4) is 0 Å². The van der Waals surface area contributed by atoms with E-state index in [1.165, 1.54) is 0 Å². The van der Waals surface area contributed by atoms with E-state index in [-0.39, 0.29) is 6.42 Å². The van der Waals surface area contributed by atoms with Crippen molar-refractivity contribution >= 4 is 16.9 Å². The summed E-state index contributed by atoms with van der Waals surface area (Å²) >= 11 is 0. The Morgan fingerprint density at radius 2 is 1.71 bits per heavy atom. The first kappa shape index (κ1) is 17.9. The molecule has 3 aromatic carbocycles. The molecule has 0 bridgehead atoms. The average Bonchev–Trinajstić information content (AvgIpc) is 3.05. The highest BCUT2D eigenvalue weighted by Gasteiger charge is 2.15. The molecule has 140 valence electrons. The number of carboxylic acids is 1. The van der Waals surface area contributed by atoms with Gasteiger partial charge in [-0.25, -0.2) is 0 Å². The molecule has 1 aromatic heterocycles. The third kappa shape index (κ3) is 3.62. The molecule has 2 N–H and O–H groups in total. The van der Waals surface area contributed by atoms with Crippen molar-refractivity contribution in [1.82, 2.24) is 4.98 Å². The number of carboxylic acid groups (broad SMARTS) is 1. The van der Waals surface area contributed by atoms with E-state index < -0.39 is 5.97 Å². The van der Waals surface area contributed by atoms with Gasteiger partial charge in [-0.05, 0) is 40.5 Å². The number of aromatic amines is 1. The fraction of sp³-hybridized carbons (Fsp3) is 0.125. The molecule has 0 amide bonds. The summed E-state index contributed by atoms with van der Waals surface area (Å²) in [7, 11) is 1.66. The Morgan fingerprint density at radius 1 is 0.964 bits per heavy atom. The number of ether oxygens (including phenoxy) is 1. The van der Waals surface area contributed by atoms with E-state index in [4.69, 9.17) is 4.74 Å². The first-order valence-electron chi connectivity index (χ1n) is 9.17. The number of fused-ring (bicyclic) bond motifs is 1. The lowest BCUT2D eigenvalue weighted by molar-refractivity contribution is -0.136. The van der Waals surface area contributed by atoms with Gasteiger partial charge in [-0.3, -0.25) is 4.79 Å². The predicted octanol–water partition coefficient (Wildman–Crippen LogP) is 5.06. The number of nitrogens with one attached hydrogen (secondary N) is 1. The molecule has 0 saturated carbocycles. The first-order chi connectivity index (χ1) is 13.6. The van der Waals surface area contributed by atoms with Crippen LogP contribution in [0.1, 0.15) is 16.8 Å². The van der Waals surface area contributed by atoms with Gasteiger partial charge in [0.1, 0.15) is 5.75 Å². The van der Waals surface area contributed by atoms with Crippen molar-refractivity contribution in [2.75, 3.05) is 7.11 Å². The molecule has 0 aliphatic heterocycles. The van der Waals surface area contributed by atoms with Crippen molar-refractivity contribution < 1.29 is 14.6 Å². The van der Waals surface area contributed by atoms with Crippen LogP contribution in [0.5, 0.6) is 5.75 Å². The molecular weight excluding hydrogens is 350 g/mol. The minimum absolute atomic E-state index is 0.00885. The topological polar surface area (TPSA) is 62.3 Å². The highest BCUT2D eigenvalue weighted by atomic mass is 16.5. The monoisotopic (exact) mass is 371 g/mol. The van der Waals surface area contributed by atoms with Crippen molar-refractivity contribution in [3.63, 3.8) is 0 Å². The van der Waals surface area contributed by atoms with Crippen LogP contribution in [0.4, 0.5) is 0 Å². The third-order valence-corrected chi connectivity index (χ3v) is 4.94. The molecule has 4 aromatic rings. The van der Waals surface area contributed by atoms with Crippen molar-refractivity contribution in [1.29, 1.82) is 0 Å². The van der Waals surface area contributed by atoms with E-state index in [9.17, 15) is 9.90 Å². The number of hydrogen-bond acceptors (Lipinski definition) is 2. The molecule has 4 nitrogen and oxygen atoms in total. The van der Waals surface area contributed by atoms with E-state index >= 15 is 0 Å². The quantitative estimate of drug-likeness (QED) is 0.498. The van der Waals surface area contributed by atoms with Gasteiger partial charge >= 0.3 is 5.97 Å². The zero-order valence-corrected chi connectivity index (χ0v) is 15.6. The fourth-order valence-electron chi connectivity index (χ4n) is 3.63. The summed E-state index contributed by atoms with van der Waals surface area (Å²) in [5, 5.41) is 10.3. The van der Waals surface area contributed by atoms with E-state index in [0.717, 1.165) is 44.6 Å². The number of aliphatic carboxylic acids is 1. The van der Waals surface area contributed by atoms with E-state index in [1.54, 1.807) is 7.11 Å². The number of H-pyrrole nitrogens is 1. The lowest BCUT2D eigenvalue weighted by Crippen LogP contribution is -2.03. The van der Waals surface area contributed by atoms with Gasteiger partial charge in [0.25, 0.3) is 0 Å². The van der Waals surface area contributed by atoms with E-state index in [0.29, 0.717) is 6.42 Å². The van der Waals surface area contributed by atoms with Crippen LogP contribution in [0.25, 0.3) is 22.0 Å². The molecule has 0 unspecified atom stereocenters. The lowest BCUT2D eigenvalue weighted by atomic mass is 9.98. The van der Waals surface area contributed by atoms with Gasteiger partial charge < -0.3 is 14.8 Å². The maximum Gasteiger partial charge on any atom is 0.307 e. The second-order valence-corrected chi connectivity index (χ2v) is 6.81. The molecule has 4 rings (SSSR count). The van der Waals surface area contributed by atoms with Gasteiger partial charge in [0.15, 0.2) is 0 Å². The van der Waals surface area contributed by atoms with Crippen LogP contribution >= 0.6 is 0 Å². The van der Waals surface area contributed by atoms with Crippen LogP contribution in [0.15, 0.2) is 72.8 Å². The standard InChI is InChI=1S/C24H21NO3/c1-28-19-9-5-8-18(14-19)17-7-4-6-16(12-17)13-23-21(15-24(26)27)20-10-2-3-11-22(20)25-23/h2-12,14,25H,13,15H2,1H3,(H,26,27). The van der Waals surface area contributed by atoms with Crippen molar-refractivity contribution in [2.24, 2.45) is 0 Å². The zero-order valence-electron chi connectivity index (χ0n) is 15.6. The number of benzene rings is 3. The van der Waals surface area contributed by atoms with Crippen molar-refractivity contribution in [3.05, 3.63) is 89.6 Å². The van der Waals surface area contributed by atoms with Crippen LogP contribution in [0.2, 0.25) is 0 Å². The van der Waals surface area contributed by atoms with Crippen molar-refractivity contribution in [3.8, 4) is 16.9 Å². The molecule has 0 radical (unpaired) electrons. The van der Waals surface area contributed by atoms with Gasteiger partial charge in [-0.15, -0.1) is 0 Å². The number of carbonyl (C=O) groups is 1. The minimum Gasteiger partial charge on any atom is -0.497 e. The molecular formula is C24H21NO3. The molecule has 0 fully saturated rings. The lowest BCUT2D eigenvalue weighted by Gasteiger charge is -2.08. The molecule has 0 atom stereocenters. The number of rotatable bonds is 6. The Hall–Kier alpha value is -3.53. The Kier molecular flexibility index (Phi) is 4.85. The van der Waals surface area contributed by atoms with Crippen LogP contribution in [0, 0.1) is 0 Å². The van der Waals surface area contributed by atoms with E-state index in [2.05, 4.69) is 29.2 Å². The average molecular weight is 371 g/mol. The summed E-state index contributed by atoms with van der Waals surface area (Å²) < 4.78 is 5.33. The van der Waals surface area contributed by atoms with Gasteiger partial charge in [0, 0.05) is 23.0 Å². The highest BCUT2D eigenvalue weighted by Crippen LogP contribution is 2.28.